The van der Waals surface area contributed by atoms with E-state index in [1.807, 2.05) is 38.1 Å². The van der Waals surface area contributed by atoms with Crippen molar-refractivity contribution in [1.82, 2.24) is 0 Å². The molecule has 0 aliphatic carbocycles. The first-order valence-electron chi connectivity index (χ1n) is 3.33. The molecule has 1 rings (SSSR count). The lowest BCUT2D eigenvalue weighted by Gasteiger charge is -1.89. The topological polar surface area (TPSA) is 0 Å². The molecule has 2 heteroatoms. The lowest BCUT2D eigenvalue weighted by Crippen LogP contribution is -1.98. The highest BCUT2D eigenvalue weighted by Crippen LogP contribution is 1.99. The molecule has 0 bridgehead atoms. The van der Waals surface area contributed by atoms with Crippen LogP contribution < -0.4 is 5.46 Å². The van der Waals surface area contributed by atoms with Crippen LogP contribution in [0.2, 0.25) is 0 Å². The summed E-state index contributed by atoms with van der Waals surface area (Å²) in [5.74, 6) is 0. The summed E-state index contributed by atoms with van der Waals surface area (Å²) in [5.41, 5.74) is 0.780. The van der Waals surface area contributed by atoms with Gasteiger partial charge in [-0.2, -0.15) is 0 Å². The molecule has 2 radical (unpaired) electrons. The largest absolute Gasteiger partial charge is 0.143 e. The zero-order chi connectivity index (χ0) is 7.98. The first-order chi connectivity index (χ1) is 4.79. The Morgan fingerprint density at radius 2 is 1.50 bits per heavy atom. The molecular weight excluding hydrogens is 139 g/mol. The van der Waals surface area contributed by atoms with E-state index in [1.54, 1.807) is 0 Å². The number of hydrogen-bond acceptors (Lipinski definition) is 1. The maximum absolute atomic E-state index is 5.39. The van der Waals surface area contributed by atoms with Crippen LogP contribution in [0.5, 0.6) is 0 Å². The van der Waals surface area contributed by atoms with Gasteiger partial charge in [-0.05, 0) is 12.1 Å². The van der Waals surface area contributed by atoms with Crippen molar-refractivity contribution in [2.24, 2.45) is 0 Å². The summed E-state index contributed by atoms with van der Waals surface area (Å²) in [6.07, 6.45) is 0. The van der Waals surface area contributed by atoms with Crippen molar-refractivity contribution in [1.29, 1.82) is 0 Å². The molecule has 1 aromatic carbocycles. The zero-order valence-electron chi connectivity index (χ0n) is 6.33. The Morgan fingerprint density at radius 3 is 1.80 bits per heavy atom. The van der Waals surface area contributed by atoms with Crippen molar-refractivity contribution >= 4 is 25.9 Å². The Bertz CT molecular complexity index is 148. The molecule has 0 N–H and O–H groups in total. The van der Waals surface area contributed by atoms with Crippen molar-refractivity contribution in [3.8, 4) is 0 Å². The van der Waals surface area contributed by atoms with Crippen LogP contribution in [0, 0.1) is 0 Å². The van der Waals surface area contributed by atoms with E-state index in [9.17, 15) is 0 Å². The van der Waals surface area contributed by atoms with Crippen molar-refractivity contribution in [3.63, 3.8) is 0 Å². The van der Waals surface area contributed by atoms with E-state index in [4.69, 9.17) is 7.85 Å². The minimum absolute atomic E-state index is 0.780. The number of benzene rings is 1. The van der Waals surface area contributed by atoms with Crippen LogP contribution in [0.4, 0.5) is 0 Å². The first-order valence-corrected chi connectivity index (χ1v) is 3.78. The van der Waals surface area contributed by atoms with E-state index in [2.05, 4.69) is 12.6 Å². The average molecular weight is 150 g/mol. The van der Waals surface area contributed by atoms with Crippen LogP contribution in [-0.4, -0.2) is 7.85 Å². The Hall–Kier alpha value is -0.365. The van der Waals surface area contributed by atoms with Gasteiger partial charge in [0.15, 0.2) is 0 Å². The number of hydrogen-bond donors (Lipinski definition) is 1. The van der Waals surface area contributed by atoms with E-state index >= 15 is 0 Å². The Labute approximate surface area is 69.5 Å². The second kappa shape index (κ2) is 5.42. The summed E-state index contributed by atoms with van der Waals surface area (Å²) < 4.78 is 0. The van der Waals surface area contributed by atoms with Gasteiger partial charge in [0.2, 0.25) is 0 Å². The van der Waals surface area contributed by atoms with Crippen LogP contribution in [0.25, 0.3) is 0 Å². The molecule has 0 atom stereocenters. The molecule has 0 aliphatic rings. The molecular formula is C8H11BS. The smallest absolute Gasteiger partial charge is 0.113 e. The fraction of sp³-hybridized carbons (Fsp3) is 0.250. The summed E-state index contributed by atoms with van der Waals surface area (Å²) in [6, 6.07) is 7.36. The molecule has 0 spiro atoms. The maximum atomic E-state index is 5.39. The van der Waals surface area contributed by atoms with Crippen LogP contribution >= 0.6 is 12.6 Å². The van der Waals surface area contributed by atoms with E-state index in [0.717, 1.165) is 10.4 Å². The van der Waals surface area contributed by atoms with Gasteiger partial charge in [-0.15, -0.1) is 12.6 Å². The molecule has 0 heterocycles. The van der Waals surface area contributed by atoms with E-state index < -0.39 is 0 Å². The summed E-state index contributed by atoms with van der Waals surface area (Å²) in [6.45, 7) is 4.00. The SMILES string of the molecule is CC.[B]c1ccc(S)cc1. The Kier molecular flexibility index (Phi) is 5.22. The molecule has 0 nitrogen and oxygen atoms in total. The van der Waals surface area contributed by atoms with Gasteiger partial charge in [-0.3, -0.25) is 0 Å². The third-order valence-corrected chi connectivity index (χ3v) is 1.19. The van der Waals surface area contributed by atoms with Gasteiger partial charge in [0.25, 0.3) is 0 Å². The third-order valence-electron chi connectivity index (χ3n) is 0.893. The van der Waals surface area contributed by atoms with Gasteiger partial charge >= 0.3 is 0 Å². The van der Waals surface area contributed by atoms with E-state index in [-0.39, 0.29) is 0 Å². The monoisotopic (exact) mass is 150 g/mol. The standard InChI is InChI=1S/C6H5BS.C2H6/c7-5-1-3-6(8)4-2-5;1-2/h1-4,8H;1-2H3. The number of thiol groups is 1. The van der Waals surface area contributed by atoms with Crippen molar-refractivity contribution in [2.45, 2.75) is 18.7 Å². The molecule has 0 saturated heterocycles. The quantitative estimate of drug-likeness (QED) is 0.423. The van der Waals surface area contributed by atoms with Crippen molar-refractivity contribution in [2.75, 3.05) is 0 Å². The summed E-state index contributed by atoms with van der Waals surface area (Å²) in [4.78, 5) is 0.944. The van der Waals surface area contributed by atoms with Gasteiger partial charge in [0, 0.05) is 4.90 Å². The van der Waals surface area contributed by atoms with Gasteiger partial charge < -0.3 is 0 Å². The van der Waals surface area contributed by atoms with Gasteiger partial charge in [-0.25, -0.2) is 0 Å². The predicted molar refractivity (Wildman–Crippen MR) is 50.4 cm³/mol. The van der Waals surface area contributed by atoms with E-state index in [1.165, 1.54) is 0 Å². The minimum atomic E-state index is 0.780. The van der Waals surface area contributed by atoms with E-state index in [0.29, 0.717) is 0 Å². The van der Waals surface area contributed by atoms with Crippen LogP contribution in [-0.2, 0) is 0 Å². The highest BCUT2D eigenvalue weighted by molar-refractivity contribution is 7.80. The molecule has 0 saturated carbocycles. The first kappa shape index (κ1) is 9.63. The van der Waals surface area contributed by atoms with Gasteiger partial charge in [0.05, 0.1) is 0 Å². The fourth-order valence-corrected chi connectivity index (χ4v) is 0.623. The van der Waals surface area contributed by atoms with Gasteiger partial charge in [-0.1, -0.05) is 31.4 Å². The third kappa shape index (κ3) is 3.62. The molecule has 0 amide bonds. The summed E-state index contributed by atoms with van der Waals surface area (Å²) in [5, 5.41) is 0. The Morgan fingerprint density at radius 1 is 1.10 bits per heavy atom. The second-order valence-electron chi connectivity index (χ2n) is 1.59. The predicted octanol–water partition coefficient (Wildman–Crippen LogP) is 1.80. The van der Waals surface area contributed by atoms with Crippen molar-refractivity contribution in [3.05, 3.63) is 24.3 Å². The van der Waals surface area contributed by atoms with Crippen molar-refractivity contribution < 1.29 is 0 Å². The van der Waals surface area contributed by atoms with Crippen LogP contribution in [0.3, 0.4) is 0 Å². The highest BCUT2D eigenvalue weighted by Gasteiger charge is 1.80. The van der Waals surface area contributed by atoms with Crippen LogP contribution in [0.15, 0.2) is 29.2 Å². The molecule has 0 aromatic heterocycles. The van der Waals surface area contributed by atoms with Crippen LogP contribution in [0.1, 0.15) is 13.8 Å². The molecule has 0 aliphatic heterocycles. The molecule has 0 unspecified atom stereocenters. The minimum Gasteiger partial charge on any atom is -0.143 e. The molecule has 10 heavy (non-hydrogen) atoms. The number of rotatable bonds is 0. The molecule has 0 fully saturated rings. The normalized spacial score (nSPS) is 7.90. The zero-order valence-corrected chi connectivity index (χ0v) is 7.23. The molecule has 52 valence electrons. The molecule has 1 aromatic rings. The second-order valence-corrected chi connectivity index (χ2v) is 2.11. The lowest BCUT2D eigenvalue weighted by molar-refractivity contribution is 1.50. The van der Waals surface area contributed by atoms with Gasteiger partial charge in [0.1, 0.15) is 7.85 Å². The average Bonchev–Trinajstić information content (AvgIpc) is 2.00. The lowest BCUT2D eigenvalue weighted by atomic mass is 9.97. The summed E-state index contributed by atoms with van der Waals surface area (Å²) >= 11 is 4.08. The maximum Gasteiger partial charge on any atom is 0.113 e. The summed E-state index contributed by atoms with van der Waals surface area (Å²) in [7, 11) is 5.39. The highest BCUT2D eigenvalue weighted by atomic mass is 32.1. The fourth-order valence-electron chi connectivity index (χ4n) is 0.474. The Balaban J connectivity index is 0.000000371.